The Morgan fingerprint density at radius 2 is 1.66 bits per heavy atom. The molecule has 3 rings (SSSR count). The Hall–Kier alpha value is -2.94. The molecule has 0 unspecified atom stereocenters. The van der Waals surface area contributed by atoms with Gasteiger partial charge in [-0.05, 0) is 91.8 Å². The lowest BCUT2D eigenvalue weighted by Crippen LogP contribution is -2.05. The third-order valence-electron chi connectivity index (χ3n) is 5.36. The molecular formula is C26H27FO2. The van der Waals surface area contributed by atoms with Crippen LogP contribution in [0.25, 0.3) is 0 Å². The summed E-state index contributed by atoms with van der Waals surface area (Å²) in [7, 11) is 0. The predicted octanol–water partition coefficient (Wildman–Crippen LogP) is 6.64. The summed E-state index contributed by atoms with van der Waals surface area (Å²) in [5, 5.41) is 0. The van der Waals surface area contributed by atoms with Gasteiger partial charge in [0.25, 0.3) is 0 Å². The van der Waals surface area contributed by atoms with Crippen LogP contribution in [0.2, 0.25) is 0 Å². The van der Waals surface area contributed by atoms with Gasteiger partial charge in [-0.15, -0.1) is 0 Å². The number of carbonyl (C=O) groups is 1. The Morgan fingerprint density at radius 3 is 2.34 bits per heavy atom. The number of ether oxygens (including phenoxy) is 1. The summed E-state index contributed by atoms with van der Waals surface area (Å²) in [6.45, 7) is 4.84. The van der Waals surface area contributed by atoms with E-state index in [1.54, 1.807) is 24.3 Å². The molecule has 150 valence electrons. The third kappa shape index (κ3) is 5.77. The molecule has 0 aliphatic heterocycles. The van der Waals surface area contributed by atoms with E-state index in [1.807, 2.05) is 18.2 Å². The fourth-order valence-corrected chi connectivity index (χ4v) is 3.51. The molecule has 0 aliphatic rings. The minimum atomic E-state index is -0.196. The molecule has 0 saturated carbocycles. The molecule has 0 saturated heterocycles. The van der Waals surface area contributed by atoms with Gasteiger partial charge in [0.15, 0.2) is 0 Å². The summed E-state index contributed by atoms with van der Waals surface area (Å²) in [6.07, 6.45) is 3.63. The van der Waals surface area contributed by atoms with Gasteiger partial charge < -0.3 is 4.74 Å². The van der Waals surface area contributed by atoms with E-state index in [-0.39, 0.29) is 11.7 Å². The number of hydrogen-bond donors (Lipinski definition) is 0. The summed E-state index contributed by atoms with van der Waals surface area (Å²) < 4.78 is 19.6. The van der Waals surface area contributed by atoms with E-state index in [2.05, 4.69) is 32.0 Å². The second-order valence-electron chi connectivity index (χ2n) is 7.48. The van der Waals surface area contributed by atoms with Crippen molar-refractivity contribution in [2.75, 3.05) is 6.61 Å². The maximum Gasteiger partial charge on any atom is 0.150 e. The van der Waals surface area contributed by atoms with Gasteiger partial charge in [-0.2, -0.15) is 0 Å². The average molecular weight is 390 g/mol. The lowest BCUT2D eigenvalue weighted by molar-refractivity contribution is 0.112. The zero-order chi connectivity index (χ0) is 20.6. The van der Waals surface area contributed by atoms with E-state index in [9.17, 15) is 9.18 Å². The first-order valence-electron chi connectivity index (χ1n) is 10.1. The number of hydrogen-bond acceptors (Lipinski definition) is 2. The fraction of sp³-hybridized carbons (Fsp3) is 0.269. The number of benzene rings is 3. The van der Waals surface area contributed by atoms with Gasteiger partial charge in [-0.3, -0.25) is 4.79 Å². The molecule has 0 aromatic heterocycles. The number of halogens is 1. The highest BCUT2D eigenvalue weighted by Crippen LogP contribution is 2.31. The second-order valence-corrected chi connectivity index (χ2v) is 7.48. The smallest absolute Gasteiger partial charge is 0.150 e. The topological polar surface area (TPSA) is 26.3 Å². The molecule has 1 atom stereocenters. The summed E-state index contributed by atoms with van der Waals surface area (Å²) in [4.78, 5) is 10.7. The predicted molar refractivity (Wildman–Crippen MR) is 115 cm³/mol. The van der Waals surface area contributed by atoms with Crippen molar-refractivity contribution in [3.05, 3.63) is 100 Å². The number of unbranched alkanes of at least 4 members (excludes halogenated alkanes) is 1. The molecule has 0 N–H and O–H groups in total. The Kier molecular flexibility index (Phi) is 7.18. The monoisotopic (exact) mass is 390 g/mol. The summed E-state index contributed by atoms with van der Waals surface area (Å²) in [5.41, 5.74) is 5.40. The van der Waals surface area contributed by atoms with Crippen molar-refractivity contribution in [3.8, 4) is 5.75 Å². The van der Waals surface area contributed by atoms with Crippen LogP contribution < -0.4 is 4.74 Å². The Balaban J connectivity index is 1.62. The van der Waals surface area contributed by atoms with E-state index in [0.717, 1.165) is 36.9 Å². The molecule has 3 aromatic carbocycles. The first-order valence-corrected chi connectivity index (χ1v) is 10.1. The van der Waals surface area contributed by atoms with Gasteiger partial charge in [-0.25, -0.2) is 4.39 Å². The van der Waals surface area contributed by atoms with Crippen LogP contribution in [0, 0.1) is 19.7 Å². The van der Waals surface area contributed by atoms with E-state index < -0.39 is 0 Å². The van der Waals surface area contributed by atoms with Crippen LogP contribution in [-0.4, -0.2) is 12.9 Å². The van der Waals surface area contributed by atoms with Crippen LogP contribution >= 0.6 is 0 Å². The lowest BCUT2D eigenvalue weighted by Gasteiger charge is -2.19. The van der Waals surface area contributed by atoms with Crippen molar-refractivity contribution in [2.24, 2.45) is 0 Å². The summed E-state index contributed by atoms with van der Waals surface area (Å²) in [6, 6.07) is 20.6. The number of rotatable bonds is 9. The number of aryl methyl sites for hydroxylation is 2. The van der Waals surface area contributed by atoms with Crippen LogP contribution in [0.15, 0.2) is 66.7 Å². The van der Waals surface area contributed by atoms with Crippen molar-refractivity contribution in [2.45, 2.75) is 39.0 Å². The van der Waals surface area contributed by atoms with Crippen LogP contribution in [0.1, 0.15) is 57.8 Å². The molecule has 29 heavy (non-hydrogen) atoms. The average Bonchev–Trinajstić information content (AvgIpc) is 2.73. The van der Waals surface area contributed by atoms with Crippen molar-refractivity contribution < 1.29 is 13.9 Å². The Labute approximate surface area is 172 Å². The first kappa shape index (κ1) is 20.8. The van der Waals surface area contributed by atoms with Crippen molar-refractivity contribution in [1.82, 2.24) is 0 Å². The summed E-state index contributed by atoms with van der Waals surface area (Å²) in [5.74, 6) is 0.738. The molecule has 0 radical (unpaired) electrons. The SMILES string of the molecule is Cc1ccc([C@@H](CCCCOc2ccc(C=O)cc2)c2cccc(F)c2)cc1C. The maximum atomic E-state index is 13.8. The Bertz CT molecular complexity index is 947. The van der Waals surface area contributed by atoms with E-state index in [4.69, 9.17) is 4.74 Å². The van der Waals surface area contributed by atoms with Crippen molar-refractivity contribution in [3.63, 3.8) is 0 Å². The third-order valence-corrected chi connectivity index (χ3v) is 5.36. The lowest BCUT2D eigenvalue weighted by atomic mass is 9.86. The standard InChI is InChI=1S/C26H27FO2/c1-19-9-12-23(16-20(19)2)26(22-6-5-7-24(27)17-22)8-3-4-15-29-25-13-10-21(18-28)11-14-25/h5-7,9-14,16-18,26H,3-4,8,15H2,1-2H3/t26-/m0/s1. The molecule has 0 fully saturated rings. The molecule has 0 spiro atoms. The van der Waals surface area contributed by atoms with Crippen LogP contribution in [-0.2, 0) is 0 Å². The van der Waals surface area contributed by atoms with Gasteiger partial charge in [0.05, 0.1) is 6.61 Å². The van der Waals surface area contributed by atoms with E-state index in [0.29, 0.717) is 12.2 Å². The highest BCUT2D eigenvalue weighted by molar-refractivity contribution is 5.74. The molecule has 0 heterocycles. The molecule has 0 amide bonds. The first-order chi connectivity index (χ1) is 14.1. The van der Waals surface area contributed by atoms with Crippen molar-refractivity contribution in [1.29, 1.82) is 0 Å². The Morgan fingerprint density at radius 1 is 0.897 bits per heavy atom. The van der Waals surface area contributed by atoms with Gasteiger partial charge in [0.2, 0.25) is 0 Å². The maximum absolute atomic E-state index is 13.8. The molecule has 0 aliphatic carbocycles. The summed E-state index contributed by atoms with van der Waals surface area (Å²) >= 11 is 0. The highest BCUT2D eigenvalue weighted by Gasteiger charge is 2.15. The van der Waals surface area contributed by atoms with Gasteiger partial charge in [0, 0.05) is 11.5 Å². The van der Waals surface area contributed by atoms with Gasteiger partial charge in [-0.1, -0.05) is 30.3 Å². The highest BCUT2D eigenvalue weighted by atomic mass is 19.1. The molecular weight excluding hydrogens is 363 g/mol. The quantitative estimate of drug-likeness (QED) is 0.302. The zero-order valence-corrected chi connectivity index (χ0v) is 17.0. The van der Waals surface area contributed by atoms with E-state index in [1.165, 1.54) is 22.8 Å². The van der Waals surface area contributed by atoms with Gasteiger partial charge in [0.1, 0.15) is 17.9 Å². The fourth-order valence-electron chi connectivity index (χ4n) is 3.51. The minimum absolute atomic E-state index is 0.164. The second kappa shape index (κ2) is 10.0. The van der Waals surface area contributed by atoms with Gasteiger partial charge >= 0.3 is 0 Å². The molecule has 3 aromatic rings. The zero-order valence-electron chi connectivity index (χ0n) is 17.0. The normalized spacial score (nSPS) is 11.8. The minimum Gasteiger partial charge on any atom is -0.494 e. The molecule has 3 heteroatoms. The number of aldehydes is 1. The van der Waals surface area contributed by atoms with Crippen molar-refractivity contribution >= 4 is 6.29 Å². The van der Waals surface area contributed by atoms with Crippen LogP contribution in [0.5, 0.6) is 5.75 Å². The largest absolute Gasteiger partial charge is 0.494 e. The van der Waals surface area contributed by atoms with Crippen LogP contribution in [0.4, 0.5) is 4.39 Å². The van der Waals surface area contributed by atoms with Crippen LogP contribution in [0.3, 0.4) is 0 Å². The molecule has 0 bridgehead atoms. The molecule has 2 nitrogen and oxygen atoms in total. The number of carbonyl (C=O) groups excluding carboxylic acids is 1. The van der Waals surface area contributed by atoms with E-state index >= 15 is 0 Å².